The summed E-state index contributed by atoms with van der Waals surface area (Å²) in [5.41, 5.74) is 4.71. The smallest absolute Gasteiger partial charge is 0.407 e. The molecule has 0 spiro atoms. The predicted molar refractivity (Wildman–Crippen MR) is 123 cm³/mol. The molecule has 2 aromatic rings. The minimum absolute atomic E-state index is 0.0896. The maximum absolute atomic E-state index is 12.9. The molecule has 8 heteroatoms. The molecular weight excluding hydrogens is 434 g/mol. The van der Waals surface area contributed by atoms with Crippen LogP contribution >= 0.6 is 0 Å². The summed E-state index contributed by atoms with van der Waals surface area (Å²) >= 11 is 0. The summed E-state index contributed by atoms with van der Waals surface area (Å²) in [4.78, 5) is 50.3. The molecule has 0 radical (unpaired) electrons. The lowest BCUT2D eigenvalue weighted by Gasteiger charge is -2.35. The molecule has 3 aliphatic rings. The molecule has 1 aliphatic carbocycles. The van der Waals surface area contributed by atoms with Crippen molar-refractivity contribution in [3.63, 3.8) is 0 Å². The van der Waals surface area contributed by atoms with Crippen molar-refractivity contribution in [1.82, 2.24) is 15.5 Å². The highest BCUT2D eigenvalue weighted by molar-refractivity contribution is 6.05. The number of aryl methyl sites for hydroxylation is 1. The number of hydrogen-bond donors (Lipinski definition) is 2. The molecule has 4 amide bonds. The van der Waals surface area contributed by atoms with Crippen LogP contribution in [0.3, 0.4) is 0 Å². The van der Waals surface area contributed by atoms with Gasteiger partial charge in [-0.3, -0.25) is 19.7 Å². The summed E-state index contributed by atoms with van der Waals surface area (Å²) < 4.78 is 5.53. The molecule has 176 valence electrons. The normalized spacial score (nSPS) is 23.7. The lowest BCUT2D eigenvalue weighted by Crippen LogP contribution is -2.52. The van der Waals surface area contributed by atoms with E-state index in [4.69, 9.17) is 4.74 Å². The molecule has 8 nitrogen and oxygen atoms in total. The first-order valence-corrected chi connectivity index (χ1v) is 11.7. The summed E-state index contributed by atoms with van der Waals surface area (Å²) in [7, 11) is 0. The van der Waals surface area contributed by atoms with Crippen molar-refractivity contribution in [2.75, 3.05) is 0 Å². The fraction of sp³-hybridized carbons (Fsp3) is 0.385. The monoisotopic (exact) mass is 461 g/mol. The Morgan fingerprint density at radius 2 is 1.94 bits per heavy atom. The van der Waals surface area contributed by atoms with Gasteiger partial charge in [0.2, 0.25) is 11.8 Å². The van der Waals surface area contributed by atoms with Gasteiger partial charge in [-0.25, -0.2) is 4.79 Å². The first-order valence-electron chi connectivity index (χ1n) is 11.7. The van der Waals surface area contributed by atoms with Crippen molar-refractivity contribution in [3.8, 4) is 0 Å². The minimum atomic E-state index is -0.639. The Balaban J connectivity index is 1.13. The van der Waals surface area contributed by atoms with Crippen molar-refractivity contribution < 1.29 is 23.9 Å². The second kappa shape index (κ2) is 8.93. The van der Waals surface area contributed by atoms with Crippen LogP contribution in [0.5, 0.6) is 0 Å². The molecule has 2 aromatic carbocycles. The lowest BCUT2D eigenvalue weighted by atomic mass is 9.76. The Labute approximate surface area is 197 Å². The quantitative estimate of drug-likeness (QED) is 0.667. The van der Waals surface area contributed by atoms with Crippen LogP contribution in [0.15, 0.2) is 42.5 Å². The van der Waals surface area contributed by atoms with E-state index in [9.17, 15) is 19.2 Å². The molecule has 1 unspecified atom stereocenters. The van der Waals surface area contributed by atoms with E-state index in [-0.39, 0.29) is 30.9 Å². The van der Waals surface area contributed by atoms with Gasteiger partial charge in [0, 0.05) is 25.1 Å². The molecule has 2 N–H and O–H groups in total. The van der Waals surface area contributed by atoms with Crippen molar-refractivity contribution in [3.05, 3.63) is 70.3 Å². The molecule has 2 heterocycles. The molecule has 0 bridgehead atoms. The average Bonchev–Trinajstić information content (AvgIpc) is 3.11. The zero-order valence-corrected chi connectivity index (χ0v) is 19.0. The highest BCUT2D eigenvalue weighted by Gasteiger charge is 2.39. The molecule has 5 rings (SSSR count). The van der Waals surface area contributed by atoms with Gasteiger partial charge in [-0.05, 0) is 60.4 Å². The third-order valence-corrected chi connectivity index (χ3v) is 7.03. The van der Waals surface area contributed by atoms with Gasteiger partial charge in [0.25, 0.3) is 5.91 Å². The van der Waals surface area contributed by atoms with Gasteiger partial charge in [0.15, 0.2) is 0 Å². The van der Waals surface area contributed by atoms with Gasteiger partial charge in [0.05, 0.1) is 0 Å². The second-order valence-electron chi connectivity index (χ2n) is 9.30. The van der Waals surface area contributed by atoms with Gasteiger partial charge >= 0.3 is 6.09 Å². The number of amides is 4. The number of rotatable bonds is 5. The zero-order valence-electron chi connectivity index (χ0n) is 19.0. The van der Waals surface area contributed by atoms with Crippen LogP contribution in [0.25, 0.3) is 0 Å². The number of imide groups is 1. The molecular formula is C26H27N3O5. The third kappa shape index (κ3) is 4.27. The SMILES string of the molecule is Cc1ccccc1C1CC(OC(=O)NCc2ccc3c(c2)C(=O)N(C2CCC(=O)NC2=O)C3)C1. The van der Waals surface area contributed by atoms with Crippen LogP contribution in [0.4, 0.5) is 4.79 Å². The van der Waals surface area contributed by atoms with Crippen molar-refractivity contribution in [2.45, 2.75) is 63.8 Å². The Kier molecular flexibility index (Phi) is 5.81. The van der Waals surface area contributed by atoms with Crippen LogP contribution in [0.2, 0.25) is 0 Å². The summed E-state index contributed by atoms with van der Waals surface area (Å²) in [5, 5.41) is 5.07. The number of carbonyl (C=O) groups is 4. The van der Waals surface area contributed by atoms with Crippen LogP contribution in [-0.4, -0.2) is 40.9 Å². The van der Waals surface area contributed by atoms with E-state index < -0.39 is 18.0 Å². The van der Waals surface area contributed by atoms with E-state index in [0.717, 1.165) is 24.0 Å². The average molecular weight is 462 g/mol. The highest BCUT2D eigenvalue weighted by atomic mass is 16.6. The molecule has 0 aromatic heterocycles. The van der Waals surface area contributed by atoms with Gasteiger partial charge in [-0.1, -0.05) is 36.4 Å². The Morgan fingerprint density at radius 3 is 2.71 bits per heavy atom. The van der Waals surface area contributed by atoms with Gasteiger partial charge < -0.3 is 15.0 Å². The Morgan fingerprint density at radius 1 is 1.15 bits per heavy atom. The van der Waals surface area contributed by atoms with Crippen LogP contribution in [0, 0.1) is 6.92 Å². The van der Waals surface area contributed by atoms with Crippen molar-refractivity contribution in [1.29, 1.82) is 0 Å². The largest absolute Gasteiger partial charge is 0.446 e. The molecule has 2 aliphatic heterocycles. The number of alkyl carbamates (subject to hydrolysis) is 1. The lowest BCUT2D eigenvalue weighted by molar-refractivity contribution is -0.136. The van der Waals surface area contributed by atoms with E-state index >= 15 is 0 Å². The van der Waals surface area contributed by atoms with Gasteiger partial charge in [-0.15, -0.1) is 0 Å². The van der Waals surface area contributed by atoms with Crippen LogP contribution in [-0.2, 0) is 27.4 Å². The molecule has 1 saturated carbocycles. The maximum atomic E-state index is 12.9. The number of nitrogens with one attached hydrogen (secondary N) is 2. The van der Waals surface area contributed by atoms with E-state index in [1.54, 1.807) is 6.07 Å². The van der Waals surface area contributed by atoms with Crippen LogP contribution < -0.4 is 10.6 Å². The van der Waals surface area contributed by atoms with E-state index in [1.165, 1.54) is 16.0 Å². The minimum Gasteiger partial charge on any atom is -0.446 e. The number of piperidine rings is 1. The first-order chi connectivity index (χ1) is 16.4. The highest BCUT2D eigenvalue weighted by Crippen LogP contribution is 2.40. The van der Waals surface area contributed by atoms with E-state index in [0.29, 0.717) is 24.4 Å². The number of carbonyl (C=O) groups excluding carboxylic acids is 4. The first kappa shape index (κ1) is 22.1. The van der Waals surface area contributed by atoms with Crippen molar-refractivity contribution >= 4 is 23.8 Å². The Hall–Kier alpha value is -3.68. The molecule has 1 atom stereocenters. The van der Waals surface area contributed by atoms with E-state index in [1.807, 2.05) is 24.3 Å². The third-order valence-electron chi connectivity index (χ3n) is 7.03. The van der Waals surface area contributed by atoms with Gasteiger partial charge in [-0.2, -0.15) is 0 Å². The number of benzene rings is 2. The number of nitrogens with zero attached hydrogens (tertiary/aromatic N) is 1. The number of hydrogen-bond acceptors (Lipinski definition) is 5. The summed E-state index contributed by atoms with van der Waals surface area (Å²) in [6.45, 7) is 2.67. The maximum Gasteiger partial charge on any atom is 0.407 e. The van der Waals surface area contributed by atoms with E-state index in [2.05, 4.69) is 29.7 Å². The molecule has 1 saturated heterocycles. The number of fused-ring (bicyclic) bond motifs is 1. The van der Waals surface area contributed by atoms with Crippen LogP contribution in [0.1, 0.15) is 64.2 Å². The summed E-state index contributed by atoms with van der Waals surface area (Å²) in [6.07, 6.45) is 1.64. The Bertz CT molecular complexity index is 1170. The molecule has 34 heavy (non-hydrogen) atoms. The zero-order chi connectivity index (χ0) is 23.8. The fourth-order valence-corrected chi connectivity index (χ4v) is 5.04. The van der Waals surface area contributed by atoms with Gasteiger partial charge in [0.1, 0.15) is 12.1 Å². The number of ether oxygens (including phenoxy) is 1. The summed E-state index contributed by atoms with van der Waals surface area (Å²) in [6, 6.07) is 13.1. The topological polar surface area (TPSA) is 105 Å². The standard InChI is InChI=1S/C26H27N3O5/c1-15-4-2-3-5-20(15)18-11-19(12-18)34-26(33)27-13-16-6-7-17-14-29(25(32)21(17)10-16)22-8-9-23(30)28-24(22)31/h2-7,10,18-19,22H,8-9,11-14H2,1H3,(H,27,33)(H,28,30,31). The second-order valence-corrected chi connectivity index (χ2v) is 9.30. The fourth-order valence-electron chi connectivity index (χ4n) is 5.04. The van der Waals surface area contributed by atoms with Crippen molar-refractivity contribution in [2.24, 2.45) is 0 Å². The summed E-state index contributed by atoms with van der Waals surface area (Å²) in [5.74, 6) is -0.541. The predicted octanol–water partition coefficient (Wildman–Crippen LogP) is 2.93. The molecule has 2 fully saturated rings.